The number of nitrogens with one attached hydrogen (secondary N) is 1. The summed E-state index contributed by atoms with van der Waals surface area (Å²) in [6.45, 7) is 4.54. The first kappa shape index (κ1) is 32.4. The third-order valence-electron chi connectivity index (χ3n) is 6.66. The number of nitro groups is 1. The van der Waals surface area contributed by atoms with E-state index < -0.39 is 49.9 Å². The molecule has 0 spiro atoms. The van der Waals surface area contributed by atoms with Gasteiger partial charge in [0.2, 0.25) is 11.8 Å². The number of amides is 2. The van der Waals surface area contributed by atoms with E-state index in [1.54, 1.807) is 13.8 Å². The number of sulfonamides is 1. The molecule has 0 aliphatic carbocycles. The van der Waals surface area contributed by atoms with Crippen LogP contribution in [0.2, 0.25) is 5.02 Å². The van der Waals surface area contributed by atoms with Gasteiger partial charge in [0.1, 0.15) is 18.3 Å². The predicted octanol–water partition coefficient (Wildman–Crippen LogP) is 4.36. The van der Waals surface area contributed by atoms with Crippen molar-refractivity contribution < 1.29 is 27.7 Å². The molecule has 1 atom stereocenters. The zero-order chi connectivity index (χ0) is 31.0. The lowest BCUT2D eigenvalue weighted by Crippen LogP contribution is -2.52. The fraction of sp³-hybridized carbons (Fsp3) is 0.310. The van der Waals surface area contributed by atoms with E-state index in [2.05, 4.69) is 5.32 Å². The lowest BCUT2D eigenvalue weighted by atomic mass is 10.1. The van der Waals surface area contributed by atoms with E-state index in [-0.39, 0.29) is 28.6 Å². The quantitative estimate of drug-likeness (QED) is 0.222. The molecule has 0 bridgehead atoms. The number of halogens is 1. The number of benzene rings is 3. The number of carbonyl (C=O) groups is 2. The molecule has 3 aromatic carbocycles. The van der Waals surface area contributed by atoms with E-state index in [4.69, 9.17) is 16.3 Å². The van der Waals surface area contributed by atoms with Crippen molar-refractivity contribution in [1.29, 1.82) is 0 Å². The van der Waals surface area contributed by atoms with Gasteiger partial charge in [-0.25, -0.2) is 8.42 Å². The number of methoxy groups -OCH3 is 1. The topological polar surface area (TPSA) is 139 Å². The van der Waals surface area contributed by atoms with Gasteiger partial charge in [-0.1, -0.05) is 48.0 Å². The summed E-state index contributed by atoms with van der Waals surface area (Å²) >= 11 is 6.23. The summed E-state index contributed by atoms with van der Waals surface area (Å²) in [5.74, 6) is -0.968. The van der Waals surface area contributed by atoms with Gasteiger partial charge in [-0.15, -0.1) is 0 Å². The molecule has 0 saturated heterocycles. The molecule has 0 heterocycles. The van der Waals surface area contributed by atoms with Crippen molar-refractivity contribution in [1.82, 2.24) is 10.2 Å². The number of ether oxygens (including phenoxy) is 1. The maximum atomic E-state index is 14.1. The largest absolute Gasteiger partial charge is 0.495 e. The van der Waals surface area contributed by atoms with E-state index in [9.17, 15) is 28.1 Å². The van der Waals surface area contributed by atoms with Crippen LogP contribution in [0.3, 0.4) is 0 Å². The Hall–Kier alpha value is -4.16. The van der Waals surface area contributed by atoms with Crippen LogP contribution in [0.1, 0.15) is 25.0 Å². The summed E-state index contributed by atoms with van der Waals surface area (Å²) in [5, 5.41) is 14.5. The average molecular weight is 617 g/mol. The number of nitro benzene ring substituents is 1. The van der Waals surface area contributed by atoms with Crippen molar-refractivity contribution in [3.05, 3.63) is 93.0 Å². The molecule has 0 aliphatic rings. The number of likely N-dealkylation sites (N-methyl/N-ethyl adjacent to an activating group) is 1. The van der Waals surface area contributed by atoms with Crippen LogP contribution in [-0.4, -0.2) is 62.8 Å². The number of hydrogen-bond acceptors (Lipinski definition) is 7. The van der Waals surface area contributed by atoms with E-state index in [1.807, 2.05) is 30.3 Å². The predicted molar refractivity (Wildman–Crippen MR) is 160 cm³/mol. The molecule has 0 fully saturated rings. The molecule has 1 N–H and O–H groups in total. The maximum absolute atomic E-state index is 14.1. The highest BCUT2D eigenvalue weighted by atomic mass is 35.5. The van der Waals surface area contributed by atoms with E-state index in [0.29, 0.717) is 13.0 Å². The number of anilines is 1. The van der Waals surface area contributed by atoms with Gasteiger partial charge in [-0.3, -0.25) is 24.0 Å². The third kappa shape index (κ3) is 7.56. The average Bonchev–Trinajstić information content (AvgIpc) is 2.96. The summed E-state index contributed by atoms with van der Waals surface area (Å²) in [6.07, 6.45) is 0.410. The standard InChI is InChI=1S/C29H33ClN4O7S/c1-5-31-29(36)21(3)32(16-15-22-9-7-6-8-10-22)28(35)19-33(26-17-23(30)12-14-27(26)41-4)42(39,40)24-13-11-20(2)25(18-24)34(37)38/h6-14,17-18,21H,5,15-16,19H2,1-4H3,(H,31,36). The van der Waals surface area contributed by atoms with Gasteiger partial charge in [0, 0.05) is 29.7 Å². The van der Waals surface area contributed by atoms with Crippen LogP contribution >= 0.6 is 11.6 Å². The zero-order valence-electron chi connectivity index (χ0n) is 23.7. The summed E-state index contributed by atoms with van der Waals surface area (Å²) in [4.78, 5) is 38.6. The molecule has 224 valence electrons. The molecule has 3 rings (SSSR count). The normalized spacial score (nSPS) is 11.8. The lowest BCUT2D eigenvalue weighted by molar-refractivity contribution is -0.385. The van der Waals surface area contributed by atoms with Gasteiger partial charge in [0.15, 0.2) is 0 Å². The Bertz CT molecular complexity index is 1550. The Morgan fingerprint density at radius 3 is 2.40 bits per heavy atom. The van der Waals surface area contributed by atoms with Crippen LogP contribution in [0, 0.1) is 17.0 Å². The Morgan fingerprint density at radius 2 is 1.79 bits per heavy atom. The number of aryl methyl sites for hydroxylation is 1. The summed E-state index contributed by atoms with van der Waals surface area (Å²) in [7, 11) is -3.25. The van der Waals surface area contributed by atoms with Gasteiger partial charge in [-0.2, -0.15) is 0 Å². The molecule has 0 radical (unpaired) electrons. The molecular formula is C29H33ClN4O7S. The minimum Gasteiger partial charge on any atom is -0.495 e. The van der Waals surface area contributed by atoms with Gasteiger partial charge < -0.3 is 15.0 Å². The molecule has 0 aromatic heterocycles. The van der Waals surface area contributed by atoms with Gasteiger partial charge in [0.25, 0.3) is 15.7 Å². The smallest absolute Gasteiger partial charge is 0.273 e. The molecular weight excluding hydrogens is 584 g/mol. The zero-order valence-corrected chi connectivity index (χ0v) is 25.3. The SMILES string of the molecule is CCNC(=O)C(C)N(CCc1ccccc1)C(=O)CN(c1cc(Cl)ccc1OC)S(=O)(=O)c1ccc(C)c([N+](=O)[O-])c1. The summed E-state index contributed by atoms with van der Waals surface area (Å²) in [5.41, 5.74) is 0.751. The van der Waals surface area contributed by atoms with Crippen LogP contribution in [0.15, 0.2) is 71.6 Å². The molecule has 42 heavy (non-hydrogen) atoms. The Kier molecular flexibility index (Phi) is 10.9. The Balaban J connectivity index is 2.11. The second kappa shape index (κ2) is 14.1. The number of carbonyl (C=O) groups excluding carboxylic acids is 2. The van der Waals surface area contributed by atoms with Gasteiger partial charge >= 0.3 is 0 Å². The van der Waals surface area contributed by atoms with Crippen molar-refractivity contribution in [3.63, 3.8) is 0 Å². The molecule has 2 amide bonds. The molecule has 1 unspecified atom stereocenters. The van der Waals surface area contributed by atoms with Crippen LogP contribution < -0.4 is 14.4 Å². The van der Waals surface area contributed by atoms with Gasteiger partial charge in [0.05, 0.1) is 22.6 Å². The van der Waals surface area contributed by atoms with Crippen LogP contribution in [-0.2, 0) is 26.0 Å². The fourth-order valence-electron chi connectivity index (χ4n) is 4.34. The first-order valence-corrected chi connectivity index (χ1v) is 14.9. The minimum atomic E-state index is -4.59. The van der Waals surface area contributed by atoms with Crippen molar-refractivity contribution in [3.8, 4) is 5.75 Å². The number of nitrogens with zero attached hydrogens (tertiary/aromatic N) is 3. The third-order valence-corrected chi connectivity index (χ3v) is 8.65. The first-order valence-electron chi connectivity index (χ1n) is 13.1. The van der Waals surface area contributed by atoms with Crippen molar-refractivity contribution in [2.24, 2.45) is 0 Å². The first-order chi connectivity index (χ1) is 19.9. The monoisotopic (exact) mass is 616 g/mol. The minimum absolute atomic E-state index is 0.0461. The van der Waals surface area contributed by atoms with E-state index in [0.717, 1.165) is 15.9 Å². The Morgan fingerprint density at radius 1 is 1.10 bits per heavy atom. The highest BCUT2D eigenvalue weighted by Crippen LogP contribution is 2.36. The molecule has 0 saturated carbocycles. The van der Waals surface area contributed by atoms with Crippen LogP contribution in [0.25, 0.3) is 0 Å². The summed E-state index contributed by atoms with van der Waals surface area (Å²) in [6, 6.07) is 16.2. The molecule has 0 aliphatic heterocycles. The Labute approximate surface area is 250 Å². The highest BCUT2D eigenvalue weighted by Gasteiger charge is 2.34. The van der Waals surface area contributed by atoms with Crippen molar-refractivity contribution >= 4 is 44.8 Å². The summed E-state index contributed by atoms with van der Waals surface area (Å²) < 4.78 is 34.4. The van der Waals surface area contributed by atoms with Crippen molar-refractivity contribution in [2.75, 3.05) is 31.0 Å². The highest BCUT2D eigenvalue weighted by molar-refractivity contribution is 7.92. The second-order valence-electron chi connectivity index (χ2n) is 9.43. The van der Waals surface area contributed by atoms with Crippen LogP contribution in [0.5, 0.6) is 5.75 Å². The lowest BCUT2D eigenvalue weighted by Gasteiger charge is -2.32. The van der Waals surface area contributed by atoms with Crippen LogP contribution in [0.4, 0.5) is 11.4 Å². The molecule has 11 nitrogen and oxygen atoms in total. The van der Waals surface area contributed by atoms with Gasteiger partial charge in [-0.05, 0) is 57.0 Å². The van der Waals surface area contributed by atoms with Crippen molar-refractivity contribution in [2.45, 2.75) is 38.1 Å². The maximum Gasteiger partial charge on any atom is 0.273 e. The van der Waals surface area contributed by atoms with E-state index in [1.165, 1.54) is 49.3 Å². The second-order valence-corrected chi connectivity index (χ2v) is 11.7. The molecule has 3 aromatic rings. The van der Waals surface area contributed by atoms with E-state index >= 15 is 0 Å². The number of hydrogen-bond donors (Lipinski definition) is 1. The number of rotatable bonds is 13. The molecule has 13 heteroatoms. The fourth-order valence-corrected chi connectivity index (χ4v) is 5.94.